The molecule has 0 aliphatic heterocycles. The zero-order chi connectivity index (χ0) is 29.5. The Balaban J connectivity index is 2.02. The molecule has 7 nitrogen and oxygen atoms in total. The number of nitrogens with zero attached hydrogens (tertiary/aromatic N) is 2. The number of hydrogen-bond acceptors (Lipinski definition) is 4. The van der Waals surface area contributed by atoms with Crippen LogP contribution in [0.15, 0.2) is 78.9 Å². The number of benzene rings is 3. The average Bonchev–Trinajstić information content (AvgIpc) is 2.90. The predicted molar refractivity (Wildman–Crippen MR) is 162 cm³/mol. The molecular weight excluding hydrogens is 546 g/mol. The summed E-state index contributed by atoms with van der Waals surface area (Å²) in [5.41, 5.74) is 2.95. The van der Waals surface area contributed by atoms with E-state index in [1.165, 1.54) is 4.90 Å². The van der Waals surface area contributed by atoms with E-state index in [1.54, 1.807) is 36.4 Å². The van der Waals surface area contributed by atoms with Crippen molar-refractivity contribution in [2.45, 2.75) is 52.1 Å². The predicted octanol–water partition coefficient (Wildman–Crippen LogP) is 5.18. The maximum absolute atomic E-state index is 14.0. The number of carbonyl (C=O) groups excluding carboxylic acids is 2. The third kappa shape index (κ3) is 8.57. The quantitative estimate of drug-likeness (QED) is 0.337. The Morgan fingerprint density at radius 3 is 2.02 bits per heavy atom. The Morgan fingerprint density at radius 1 is 0.900 bits per heavy atom. The number of nitrogens with one attached hydrogen (secondary N) is 1. The van der Waals surface area contributed by atoms with Crippen molar-refractivity contribution < 1.29 is 18.0 Å². The second-order valence-electron chi connectivity index (χ2n) is 10.8. The van der Waals surface area contributed by atoms with Crippen molar-refractivity contribution >= 4 is 39.1 Å². The van der Waals surface area contributed by atoms with Crippen molar-refractivity contribution in [3.63, 3.8) is 0 Å². The molecule has 0 saturated heterocycles. The van der Waals surface area contributed by atoms with Gasteiger partial charge in [0.05, 0.1) is 11.9 Å². The summed E-state index contributed by atoms with van der Waals surface area (Å²) in [5, 5.41) is 3.40. The lowest BCUT2D eigenvalue weighted by molar-refractivity contribution is -0.140. The molecule has 0 aromatic heterocycles. The summed E-state index contributed by atoms with van der Waals surface area (Å²) in [5.74, 6) is -0.804. The molecule has 1 unspecified atom stereocenters. The molecule has 40 heavy (non-hydrogen) atoms. The lowest BCUT2D eigenvalue weighted by Gasteiger charge is -2.33. The molecule has 3 aromatic rings. The van der Waals surface area contributed by atoms with Gasteiger partial charge in [0.15, 0.2) is 0 Å². The smallest absolute Gasteiger partial charge is 0.244 e. The Hall–Kier alpha value is -3.36. The molecule has 1 N–H and O–H groups in total. The van der Waals surface area contributed by atoms with E-state index in [0.717, 1.165) is 27.3 Å². The largest absolute Gasteiger partial charge is 0.355 e. The van der Waals surface area contributed by atoms with Crippen LogP contribution in [-0.4, -0.2) is 50.5 Å². The van der Waals surface area contributed by atoms with E-state index < -0.39 is 28.5 Å². The summed E-state index contributed by atoms with van der Waals surface area (Å²) in [6.45, 7) is 8.07. The van der Waals surface area contributed by atoms with Crippen LogP contribution in [0.5, 0.6) is 0 Å². The number of sulfonamides is 1. The van der Waals surface area contributed by atoms with Crippen molar-refractivity contribution in [3.8, 4) is 0 Å². The minimum absolute atomic E-state index is 0.102. The second kappa shape index (κ2) is 13.3. The van der Waals surface area contributed by atoms with Crippen molar-refractivity contribution in [1.82, 2.24) is 10.2 Å². The van der Waals surface area contributed by atoms with Crippen molar-refractivity contribution in [2.24, 2.45) is 0 Å². The van der Waals surface area contributed by atoms with Gasteiger partial charge in [-0.1, -0.05) is 87.0 Å². The van der Waals surface area contributed by atoms with Crippen molar-refractivity contribution in [1.29, 1.82) is 0 Å². The van der Waals surface area contributed by atoms with Gasteiger partial charge in [0.25, 0.3) is 0 Å². The van der Waals surface area contributed by atoms with Crippen molar-refractivity contribution in [2.75, 3.05) is 23.7 Å². The zero-order valence-corrected chi connectivity index (χ0v) is 25.3. The first-order valence-electron chi connectivity index (χ1n) is 13.2. The second-order valence-corrected chi connectivity index (χ2v) is 13.2. The molecular formula is C31H38ClN3O4S. The molecule has 0 aliphatic rings. The van der Waals surface area contributed by atoms with E-state index in [-0.39, 0.29) is 24.3 Å². The van der Waals surface area contributed by atoms with Crippen LogP contribution >= 0.6 is 11.6 Å². The topological polar surface area (TPSA) is 86.8 Å². The average molecular weight is 584 g/mol. The maximum atomic E-state index is 14.0. The van der Waals surface area contributed by atoms with E-state index in [2.05, 4.69) is 26.1 Å². The van der Waals surface area contributed by atoms with Gasteiger partial charge in [0.1, 0.15) is 12.6 Å². The van der Waals surface area contributed by atoms with E-state index in [0.29, 0.717) is 17.3 Å². The van der Waals surface area contributed by atoms with Crippen LogP contribution in [0.2, 0.25) is 5.02 Å². The normalized spacial score (nSPS) is 12.4. The zero-order valence-electron chi connectivity index (χ0n) is 23.7. The Kier molecular flexibility index (Phi) is 10.4. The molecule has 3 rings (SSSR count). The first-order valence-corrected chi connectivity index (χ1v) is 15.5. The van der Waals surface area contributed by atoms with Gasteiger partial charge in [-0.25, -0.2) is 8.42 Å². The molecule has 9 heteroatoms. The summed E-state index contributed by atoms with van der Waals surface area (Å²) < 4.78 is 26.9. The van der Waals surface area contributed by atoms with Gasteiger partial charge in [-0.2, -0.15) is 0 Å². The summed E-state index contributed by atoms with van der Waals surface area (Å²) >= 11 is 6.08. The van der Waals surface area contributed by atoms with Gasteiger partial charge in [-0.3, -0.25) is 13.9 Å². The number of amides is 2. The first kappa shape index (κ1) is 31.2. The number of rotatable bonds is 11. The molecule has 214 valence electrons. The molecule has 0 spiro atoms. The van der Waals surface area contributed by atoms with Crippen LogP contribution in [0, 0.1) is 0 Å². The molecule has 3 aromatic carbocycles. The van der Waals surface area contributed by atoms with E-state index in [1.807, 2.05) is 49.4 Å². The lowest BCUT2D eigenvalue weighted by Crippen LogP contribution is -2.53. The summed E-state index contributed by atoms with van der Waals surface area (Å²) in [6.07, 6.45) is 1.35. The highest BCUT2D eigenvalue weighted by Crippen LogP contribution is 2.26. The third-order valence-corrected chi connectivity index (χ3v) is 7.98. The van der Waals surface area contributed by atoms with Crippen LogP contribution < -0.4 is 9.62 Å². The third-order valence-electron chi connectivity index (χ3n) is 6.59. The lowest BCUT2D eigenvalue weighted by atomic mass is 9.87. The van der Waals surface area contributed by atoms with Crippen LogP contribution in [0.25, 0.3) is 0 Å². The van der Waals surface area contributed by atoms with Gasteiger partial charge in [0.2, 0.25) is 21.8 Å². The molecule has 0 aliphatic carbocycles. The molecule has 0 fully saturated rings. The Labute approximate surface area is 243 Å². The number of halogens is 1. The molecule has 1 atom stereocenters. The van der Waals surface area contributed by atoms with Crippen LogP contribution in [0.3, 0.4) is 0 Å². The highest BCUT2D eigenvalue weighted by atomic mass is 35.5. The monoisotopic (exact) mass is 583 g/mol. The Morgan fingerprint density at radius 2 is 1.50 bits per heavy atom. The molecule has 0 bridgehead atoms. The molecule has 2 amide bonds. The molecule has 0 saturated carbocycles. The number of anilines is 1. The summed E-state index contributed by atoms with van der Waals surface area (Å²) in [7, 11) is -3.82. The van der Waals surface area contributed by atoms with Gasteiger partial charge < -0.3 is 10.2 Å². The summed E-state index contributed by atoms with van der Waals surface area (Å²) in [6, 6.07) is 22.8. The maximum Gasteiger partial charge on any atom is 0.244 e. The molecule has 0 heterocycles. The van der Waals surface area contributed by atoms with E-state index in [9.17, 15) is 18.0 Å². The number of carbonyl (C=O) groups is 2. The van der Waals surface area contributed by atoms with Crippen LogP contribution in [0.4, 0.5) is 5.69 Å². The van der Waals surface area contributed by atoms with E-state index >= 15 is 0 Å². The fraction of sp³-hybridized carbons (Fsp3) is 0.355. The number of hydrogen-bond donors (Lipinski definition) is 1. The van der Waals surface area contributed by atoms with Gasteiger partial charge in [-0.15, -0.1) is 0 Å². The Bertz CT molecular complexity index is 1390. The van der Waals surface area contributed by atoms with E-state index in [4.69, 9.17) is 11.6 Å². The SMILES string of the molecule is CCNC(=O)C(Cc1ccccc1)N(Cc1ccc(Cl)cc1)C(=O)CN(c1ccc(C(C)(C)C)cc1)S(C)(=O)=O. The van der Waals surface area contributed by atoms with Gasteiger partial charge in [0, 0.05) is 24.5 Å². The standard InChI is InChI=1S/C31H38ClN3O4S/c1-6-33-30(37)28(20-23-10-8-7-9-11-23)34(21-24-12-16-26(32)17-13-24)29(36)22-35(40(5,38)39)27-18-14-25(15-19-27)31(2,3)4/h7-19,28H,6,20-22H2,1-5H3,(H,33,37). The van der Waals surface area contributed by atoms with Crippen LogP contribution in [-0.2, 0) is 38.0 Å². The van der Waals surface area contributed by atoms with Gasteiger partial charge in [-0.05, 0) is 53.3 Å². The minimum Gasteiger partial charge on any atom is -0.355 e. The highest BCUT2D eigenvalue weighted by molar-refractivity contribution is 7.92. The van der Waals surface area contributed by atoms with Gasteiger partial charge >= 0.3 is 0 Å². The van der Waals surface area contributed by atoms with Crippen molar-refractivity contribution in [3.05, 3.63) is 101 Å². The minimum atomic E-state index is -3.82. The molecule has 0 radical (unpaired) electrons. The highest BCUT2D eigenvalue weighted by Gasteiger charge is 2.33. The summed E-state index contributed by atoms with van der Waals surface area (Å²) in [4.78, 5) is 28.9. The van der Waals surface area contributed by atoms with Crippen LogP contribution in [0.1, 0.15) is 44.4 Å². The number of likely N-dealkylation sites (N-methyl/N-ethyl adjacent to an activating group) is 1. The fourth-order valence-electron chi connectivity index (χ4n) is 4.37. The first-order chi connectivity index (χ1) is 18.8. The fourth-order valence-corrected chi connectivity index (χ4v) is 5.35.